The lowest BCUT2D eigenvalue weighted by Crippen LogP contribution is -2.31. The molecule has 4 nitrogen and oxygen atoms in total. The van der Waals surface area contributed by atoms with Gasteiger partial charge in [0.15, 0.2) is 0 Å². The highest BCUT2D eigenvalue weighted by atomic mass is 32.2. The topological polar surface area (TPSA) is 59.1 Å². The number of sulfonamides is 1. The maximum Gasteiger partial charge on any atom is 0.240 e. The lowest BCUT2D eigenvalue weighted by molar-refractivity contribution is 0.457. The van der Waals surface area contributed by atoms with Crippen LogP contribution in [0.2, 0.25) is 0 Å². The summed E-state index contributed by atoms with van der Waals surface area (Å²) in [6.45, 7) is 6.69. The number of benzene rings is 2. The fourth-order valence-electron chi connectivity index (χ4n) is 4.60. The number of nitrogens with zero attached hydrogens (tertiary/aromatic N) is 1. The van der Waals surface area contributed by atoms with Crippen LogP contribution in [-0.4, -0.2) is 19.9 Å². The van der Waals surface area contributed by atoms with Gasteiger partial charge in [0, 0.05) is 34.1 Å². The summed E-state index contributed by atoms with van der Waals surface area (Å²) >= 11 is 1.67. The molecule has 3 aromatic rings. The molecule has 0 unspecified atom stereocenters. The van der Waals surface area contributed by atoms with Gasteiger partial charge in [0.05, 0.1) is 4.90 Å². The van der Waals surface area contributed by atoms with E-state index in [1.807, 2.05) is 25.1 Å². The van der Waals surface area contributed by atoms with Crippen molar-refractivity contribution in [3.63, 3.8) is 0 Å². The summed E-state index contributed by atoms with van der Waals surface area (Å²) in [5.41, 5.74) is 4.31. The summed E-state index contributed by atoms with van der Waals surface area (Å²) in [5.74, 6) is 0. The zero-order valence-electron chi connectivity index (χ0n) is 18.2. The van der Waals surface area contributed by atoms with Crippen LogP contribution < -0.4 is 4.72 Å². The van der Waals surface area contributed by atoms with E-state index < -0.39 is 10.0 Å². The molecule has 0 aliphatic carbocycles. The molecule has 1 aromatic heterocycles. The van der Waals surface area contributed by atoms with Crippen LogP contribution in [0.3, 0.4) is 0 Å². The van der Waals surface area contributed by atoms with Gasteiger partial charge in [-0.05, 0) is 66.6 Å². The number of rotatable bonds is 7. The van der Waals surface area contributed by atoms with Crippen molar-refractivity contribution in [1.82, 2.24) is 9.71 Å². The van der Waals surface area contributed by atoms with Crippen molar-refractivity contribution in [2.24, 2.45) is 0 Å². The Labute approximate surface area is 189 Å². The fourth-order valence-corrected chi connectivity index (χ4v) is 7.25. The van der Waals surface area contributed by atoms with Gasteiger partial charge < -0.3 is 0 Å². The number of aryl methyl sites for hydroxylation is 1. The van der Waals surface area contributed by atoms with Gasteiger partial charge in [0.25, 0.3) is 0 Å². The number of hydrogen-bond acceptors (Lipinski definition) is 4. The Morgan fingerprint density at radius 2 is 1.77 bits per heavy atom. The molecule has 1 aliphatic rings. The highest BCUT2D eigenvalue weighted by Gasteiger charge is 2.39. The molecular weight excluding hydrogens is 424 g/mol. The Morgan fingerprint density at radius 3 is 2.48 bits per heavy atom. The van der Waals surface area contributed by atoms with Crippen molar-refractivity contribution < 1.29 is 8.42 Å². The second-order valence-corrected chi connectivity index (χ2v) is 10.8. The third-order valence-corrected chi connectivity index (χ3v) is 9.08. The number of nitrogens with one attached hydrogen (secondary N) is 1. The van der Waals surface area contributed by atoms with Crippen molar-refractivity contribution in [2.75, 3.05) is 6.54 Å². The molecule has 0 saturated carbocycles. The molecule has 6 heteroatoms. The van der Waals surface area contributed by atoms with Crippen molar-refractivity contribution in [2.45, 2.75) is 60.1 Å². The molecule has 0 atom stereocenters. The summed E-state index contributed by atoms with van der Waals surface area (Å²) in [6.07, 6.45) is 6.04. The molecule has 1 N–H and O–H groups in total. The molecule has 0 amide bonds. The maximum absolute atomic E-state index is 13.1. The highest BCUT2D eigenvalue weighted by Crippen LogP contribution is 2.53. The van der Waals surface area contributed by atoms with Crippen molar-refractivity contribution in [1.29, 1.82) is 0 Å². The van der Waals surface area contributed by atoms with Gasteiger partial charge in [0.1, 0.15) is 0 Å². The molecule has 0 saturated heterocycles. The fraction of sp³-hybridized carbons (Fsp3) is 0.320. The van der Waals surface area contributed by atoms with Crippen LogP contribution in [0.5, 0.6) is 0 Å². The molecule has 162 valence electrons. The second kappa shape index (κ2) is 8.77. The first kappa shape index (κ1) is 22.1. The molecular formula is C25H28N2O2S2. The quantitative estimate of drug-likeness (QED) is 0.516. The van der Waals surface area contributed by atoms with Gasteiger partial charge in [-0.2, -0.15) is 0 Å². The number of aromatic nitrogens is 1. The van der Waals surface area contributed by atoms with E-state index in [0.29, 0.717) is 17.9 Å². The first-order chi connectivity index (χ1) is 14.9. The lowest BCUT2D eigenvalue weighted by atomic mass is 9.70. The number of hydrogen-bond donors (Lipinski definition) is 1. The van der Waals surface area contributed by atoms with E-state index in [4.69, 9.17) is 0 Å². The number of pyridine rings is 1. The average Bonchev–Trinajstić information content (AvgIpc) is 2.78. The smallest absolute Gasteiger partial charge is 0.240 e. The van der Waals surface area contributed by atoms with E-state index in [1.165, 1.54) is 16.0 Å². The minimum absolute atomic E-state index is 0.0854. The van der Waals surface area contributed by atoms with Crippen LogP contribution in [0.4, 0.5) is 0 Å². The van der Waals surface area contributed by atoms with Gasteiger partial charge in [-0.1, -0.05) is 55.9 Å². The van der Waals surface area contributed by atoms with Crippen molar-refractivity contribution in [3.8, 4) is 0 Å². The normalized spacial score (nSPS) is 14.7. The van der Waals surface area contributed by atoms with Gasteiger partial charge in [-0.3, -0.25) is 4.98 Å². The van der Waals surface area contributed by atoms with Crippen LogP contribution in [0.15, 0.2) is 75.6 Å². The highest BCUT2D eigenvalue weighted by molar-refractivity contribution is 7.99. The van der Waals surface area contributed by atoms with E-state index in [-0.39, 0.29) is 5.41 Å². The summed E-state index contributed by atoms with van der Waals surface area (Å²) in [4.78, 5) is 6.71. The first-order valence-electron chi connectivity index (χ1n) is 10.7. The Balaban J connectivity index is 1.68. The third-order valence-electron chi connectivity index (χ3n) is 6.34. The van der Waals surface area contributed by atoms with Crippen molar-refractivity contribution >= 4 is 21.8 Å². The Hall–Kier alpha value is -2.15. The van der Waals surface area contributed by atoms with E-state index in [1.54, 1.807) is 24.2 Å². The third kappa shape index (κ3) is 4.04. The standard InChI is InChI=1S/C25H28N2O2S2/c1-4-25(5-2)20-10-6-7-11-22(20)30-23-16-24(18(3)15-21(23)25)31(28,29)27-14-12-19-9-8-13-26-17-19/h6-11,13,15-17,27H,4-5,12,14H2,1-3H3. The number of fused-ring (bicyclic) bond motifs is 2. The monoisotopic (exact) mass is 452 g/mol. The second-order valence-electron chi connectivity index (χ2n) is 8.01. The van der Waals surface area contributed by atoms with Crippen LogP contribution in [-0.2, 0) is 21.9 Å². The van der Waals surface area contributed by atoms with Gasteiger partial charge >= 0.3 is 0 Å². The Bertz CT molecular complexity index is 1190. The molecule has 2 aromatic carbocycles. The molecule has 0 radical (unpaired) electrons. The SMILES string of the molecule is CCC1(CC)c2ccccc2Sc2cc(S(=O)(=O)NCCc3cccnc3)c(C)cc21. The minimum atomic E-state index is -3.61. The molecule has 0 spiro atoms. The van der Waals surface area contributed by atoms with Crippen LogP contribution in [0, 0.1) is 6.92 Å². The van der Waals surface area contributed by atoms with Crippen LogP contribution >= 0.6 is 11.8 Å². The van der Waals surface area contributed by atoms with Gasteiger partial charge in [-0.25, -0.2) is 13.1 Å². The summed E-state index contributed by atoms with van der Waals surface area (Å²) in [7, 11) is -3.61. The molecule has 0 fully saturated rings. The maximum atomic E-state index is 13.1. The van der Waals surface area contributed by atoms with E-state index >= 15 is 0 Å². The molecule has 0 bridgehead atoms. The van der Waals surface area contributed by atoms with E-state index in [9.17, 15) is 8.42 Å². The van der Waals surface area contributed by atoms with E-state index in [0.717, 1.165) is 28.9 Å². The van der Waals surface area contributed by atoms with Gasteiger partial charge in [0.2, 0.25) is 10.0 Å². The summed E-state index contributed by atoms with van der Waals surface area (Å²) in [6, 6.07) is 16.3. The van der Waals surface area contributed by atoms with Crippen LogP contribution in [0.25, 0.3) is 0 Å². The molecule has 1 aliphatic heterocycles. The largest absolute Gasteiger partial charge is 0.264 e. The average molecular weight is 453 g/mol. The minimum Gasteiger partial charge on any atom is -0.264 e. The summed E-state index contributed by atoms with van der Waals surface area (Å²) in [5, 5.41) is 0. The zero-order chi connectivity index (χ0) is 22.1. The van der Waals surface area contributed by atoms with Gasteiger partial charge in [-0.15, -0.1) is 0 Å². The Morgan fingerprint density at radius 1 is 1.00 bits per heavy atom. The first-order valence-corrected chi connectivity index (χ1v) is 13.0. The van der Waals surface area contributed by atoms with E-state index in [2.05, 4.69) is 53.9 Å². The van der Waals surface area contributed by atoms with Crippen molar-refractivity contribution in [3.05, 3.63) is 83.2 Å². The zero-order valence-corrected chi connectivity index (χ0v) is 19.8. The predicted octanol–water partition coefficient (Wildman–Crippen LogP) is 5.48. The van der Waals surface area contributed by atoms with Crippen LogP contribution in [0.1, 0.15) is 48.9 Å². The lowest BCUT2D eigenvalue weighted by Gasteiger charge is -2.40. The molecule has 4 rings (SSSR count). The predicted molar refractivity (Wildman–Crippen MR) is 126 cm³/mol. The Kier molecular flexibility index (Phi) is 6.24. The summed E-state index contributed by atoms with van der Waals surface area (Å²) < 4.78 is 29.1. The molecule has 31 heavy (non-hydrogen) atoms. The molecule has 2 heterocycles.